The molecule has 3 nitrogen and oxygen atoms in total. The summed E-state index contributed by atoms with van der Waals surface area (Å²) in [6.07, 6.45) is 0. The third-order valence-corrected chi connectivity index (χ3v) is 3.16. The Hall–Kier alpha value is -1.24. The molecule has 0 unspecified atom stereocenters. The highest BCUT2D eigenvalue weighted by Crippen LogP contribution is 2.29. The van der Waals surface area contributed by atoms with Crippen molar-refractivity contribution in [1.82, 2.24) is 0 Å². The van der Waals surface area contributed by atoms with Gasteiger partial charge in [0, 0.05) is 6.92 Å². The standard InChI is InChI=1S/C8H8F3NO2S/c1-8(9,10)15(13,14)12(11)7-5-3-2-4-6-7/h2-6H,1H3. The van der Waals surface area contributed by atoms with Gasteiger partial charge >= 0.3 is 15.3 Å². The van der Waals surface area contributed by atoms with E-state index in [-0.39, 0.29) is 6.92 Å². The molecule has 0 aliphatic heterocycles. The Balaban J connectivity index is 3.12. The van der Waals surface area contributed by atoms with E-state index in [4.69, 9.17) is 0 Å². The number of rotatable bonds is 3. The maximum absolute atomic E-state index is 13.2. The second-order valence-electron chi connectivity index (χ2n) is 2.86. The summed E-state index contributed by atoms with van der Waals surface area (Å²) >= 11 is 0. The van der Waals surface area contributed by atoms with Crippen LogP contribution in [0, 0.1) is 0 Å². The molecule has 0 aliphatic rings. The Morgan fingerprint density at radius 1 is 1.20 bits per heavy atom. The van der Waals surface area contributed by atoms with E-state index in [0.717, 1.165) is 12.1 Å². The Bertz CT molecular complexity index is 427. The molecule has 0 saturated heterocycles. The minimum absolute atomic E-state index is 0.123. The fourth-order valence-corrected chi connectivity index (χ4v) is 1.51. The van der Waals surface area contributed by atoms with Crippen molar-refractivity contribution < 1.29 is 21.7 Å². The fraction of sp³-hybridized carbons (Fsp3) is 0.250. The third kappa shape index (κ3) is 2.23. The number of alkyl halides is 2. The lowest BCUT2D eigenvalue weighted by atomic mass is 10.3. The molecule has 0 aliphatic carbocycles. The van der Waals surface area contributed by atoms with E-state index >= 15 is 0 Å². The van der Waals surface area contributed by atoms with E-state index in [1.807, 2.05) is 0 Å². The molecule has 0 amide bonds. The first-order valence-corrected chi connectivity index (χ1v) is 5.34. The van der Waals surface area contributed by atoms with Crippen LogP contribution >= 0.6 is 0 Å². The molecule has 84 valence electrons. The van der Waals surface area contributed by atoms with Crippen molar-refractivity contribution in [2.45, 2.75) is 12.2 Å². The van der Waals surface area contributed by atoms with Gasteiger partial charge in [0.05, 0.1) is 5.69 Å². The number of nitrogens with zero attached hydrogens (tertiary/aromatic N) is 1. The highest BCUT2D eigenvalue weighted by Gasteiger charge is 2.45. The monoisotopic (exact) mass is 239 g/mol. The SMILES string of the molecule is CC(F)(F)S(=O)(=O)N(F)c1ccccc1. The van der Waals surface area contributed by atoms with Crippen LogP contribution in [0.25, 0.3) is 0 Å². The molecule has 0 atom stereocenters. The molecule has 0 fully saturated rings. The van der Waals surface area contributed by atoms with Gasteiger partial charge in [-0.3, -0.25) is 0 Å². The first kappa shape index (κ1) is 11.8. The normalized spacial score (nSPS) is 12.5. The average Bonchev–Trinajstić information content (AvgIpc) is 2.16. The van der Waals surface area contributed by atoms with Crippen molar-refractivity contribution in [3.8, 4) is 0 Å². The van der Waals surface area contributed by atoms with Crippen LogP contribution in [0.4, 0.5) is 18.9 Å². The summed E-state index contributed by atoms with van der Waals surface area (Å²) in [6.45, 7) is 0.123. The van der Waals surface area contributed by atoms with Gasteiger partial charge < -0.3 is 0 Å². The maximum Gasteiger partial charge on any atom is 0.363 e. The van der Waals surface area contributed by atoms with Crippen LogP contribution in [0.5, 0.6) is 0 Å². The first-order chi connectivity index (χ1) is 6.77. The van der Waals surface area contributed by atoms with Crippen LogP contribution in [0.3, 0.4) is 0 Å². The fourth-order valence-electron chi connectivity index (χ4n) is 0.825. The van der Waals surface area contributed by atoms with Crippen LogP contribution < -0.4 is 4.53 Å². The van der Waals surface area contributed by atoms with E-state index in [1.165, 1.54) is 18.2 Å². The van der Waals surface area contributed by atoms with Gasteiger partial charge in [-0.2, -0.15) is 17.2 Å². The minimum Gasteiger partial charge on any atom is -0.198 e. The molecule has 0 bridgehead atoms. The number of para-hydroxylation sites is 1. The Kier molecular flexibility index (Phi) is 2.94. The van der Waals surface area contributed by atoms with Crippen molar-refractivity contribution in [1.29, 1.82) is 0 Å². The number of hydrogen-bond acceptors (Lipinski definition) is 2. The highest BCUT2D eigenvalue weighted by molar-refractivity contribution is 7.93. The van der Waals surface area contributed by atoms with Crippen LogP contribution in [0.1, 0.15) is 6.92 Å². The minimum atomic E-state index is -5.30. The topological polar surface area (TPSA) is 37.4 Å². The van der Waals surface area contributed by atoms with Gasteiger partial charge in [-0.1, -0.05) is 27.2 Å². The Morgan fingerprint density at radius 2 is 1.67 bits per heavy atom. The molecule has 0 spiro atoms. The zero-order valence-electron chi connectivity index (χ0n) is 7.69. The molecule has 0 heterocycles. The molecule has 1 aromatic carbocycles. The smallest absolute Gasteiger partial charge is 0.198 e. The zero-order valence-corrected chi connectivity index (χ0v) is 8.51. The summed E-state index contributed by atoms with van der Waals surface area (Å²) < 4.78 is 59.3. The summed E-state index contributed by atoms with van der Waals surface area (Å²) in [5.74, 6) is 0. The number of hydrogen-bond donors (Lipinski definition) is 0. The lowest BCUT2D eigenvalue weighted by molar-refractivity contribution is 0.111. The molecule has 7 heteroatoms. The molecule has 0 saturated carbocycles. The highest BCUT2D eigenvalue weighted by atomic mass is 32.2. The second kappa shape index (κ2) is 3.73. The van der Waals surface area contributed by atoms with Gasteiger partial charge in [0.25, 0.3) is 0 Å². The number of sulfonamides is 1. The van der Waals surface area contributed by atoms with Crippen LogP contribution in [-0.2, 0) is 10.0 Å². The van der Waals surface area contributed by atoms with Crippen molar-refractivity contribution in [3.63, 3.8) is 0 Å². The van der Waals surface area contributed by atoms with Gasteiger partial charge in [-0.25, -0.2) is 0 Å². The number of anilines is 1. The molecule has 0 aromatic heterocycles. The van der Waals surface area contributed by atoms with Gasteiger partial charge in [-0.05, 0) is 12.1 Å². The average molecular weight is 239 g/mol. The third-order valence-electron chi connectivity index (χ3n) is 1.62. The first-order valence-electron chi connectivity index (χ1n) is 3.90. The molecule has 0 radical (unpaired) electrons. The maximum atomic E-state index is 13.2. The quantitative estimate of drug-likeness (QED) is 0.759. The zero-order chi connectivity index (χ0) is 11.7. The van der Waals surface area contributed by atoms with E-state index in [0.29, 0.717) is 0 Å². The van der Waals surface area contributed by atoms with Crippen LogP contribution in [0.15, 0.2) is 30.3 Å². The molecule has 1 rings (SSSR count). The molecular formula is C8H8F3NO2S. The Morgan fingerprint density at radius 3 is 2.07 bits per heavy atom. The predicted octanol–water partition coefficient (Wildman–Crippen LogP) is 2.32. The lowest BCUT2D eigenvalue weighted by Crippen LogP contribution is -2.36. The van der Waals surface area contributed by atoms with Crippen molar-refractivity contribution in [3.05, 3.63) is 30.3 Å². The molecular weight excluding hydrogens is 231 g/mol. The van der Waals surface area contributed by atoms with Gasteiger partial charge in [0.2, 0.25) is 0 Å². The van der Waals surface area contributed by atoms with Gasteiger partial charge in [-0.15, -0.1) is 0 Å². The Labute approximate surface area is 85.1 Å². The van der Waals surface area contributed by atoms with E-state index < -0.39 is 25.5 Å². The summed E-state index contributed by atoms with van der Waals surface area (Å²) in [5.41, 5.74) is -0.459. The van der Waals surface area contributed by atoms with E-state index in [1.54, 1.807) is 0 Å². The predicted molar refractivity (Wildman–Crippen MR) is 49.6 cm³/mol. The summed E-state index contributed by atoms with van der Waals surface area (Å²) in [5, 5.41) is -4.16. The molecule has 0 N–H and O–H groups in total. The van der Waals surface area contributed by atoms with Crippen LogP contribution in [-0.4, -0.2) is 13.7 Å². The van der Waals surface area contributed by atoms with Crippen LogP contribution in [0.2, 0.25) is 0 Å². The lowest BCUT2D eigenvalue weighted by Gasteiger charge is -2.18. The largest absolute Gasteiger partial charge is 0.363 e. The van der Waals surface area contributed by atoms with Crippen molar-refractivity contribution in [2.24, 2.45) is 0 Å². The van der Waals surface area contributed by atoms with E-state index in [2.05, 4.69) is 0 Å². The number of halogens is 3. The molecule has 1 aromatic rings. The van der Waals surface area contributed by atoms with Crippen molar-refractivity contribution in [2.75, 3.05) is 4.53 Å². The number of benzene rings is 1. The van der Waals surface area contributed by atoms with Crippen molar-refractivity contribution >= 4 is 15.7 Å². The van der Waals surface area contributed by atoms with E-state index in [9.17, 15) is 21.7 Å². The summed E-state index contributed by atoms with van der Waals surface area (Å²) in [6, 6.07) is 6.33. The molecule has 15 heavy (non-hydrogen) atoms. The van der Waals surface area contributed by atoms with Gasteiger partial charge in [0.15, 0.2) is 0 Å². The summed E-state index contributed by atoms with van der Waals surface area (Å²) in [4.78, 5) is 0. The van der Waals surface area contributed by atoms with Gasteiger partial charge in [0.1, 0.15) is 0 Å². The summed E-state index contributed by atoms with van der Waals surface area (Å²) in [7, 11) is -5.30. The second-order valence-corrected chi connectivity index (χ2v) is 4.85.